The molecule has 0 fully saturated rings. The summed E-state index contributed by atoms with van der Waals surface area (Å²) < 4.78 is 1.55. The molecule has 0 saturated carbocycles. The molecule has 2 aromatic carbocycles. The molecule has 4 rings (SSSR count). The van der Waals surface area contributed by atoms with Crippen molar-refractivity contribution in [2.75, 3.05) is 7.05 Å². The Morgan fingerprint density at radius 1 is 1.20 bits per heavy atom. The van der Waals surface area contributed by atoms with Crippen LogP contribution in [0.3, 0.4) is 0 Å². The molecule has 1 unspecified atom stereocenters. The number of tetrazole rings is 1. The van der Waals surface area contributed by atoms with Gasteiger partial charge >= 0.3 is 0 Å². The van der Waals surface area contributed by atoms with Crippen molar-refractivity contribution >= 4 is 5.91 Å². The van der Waals surface area contributed by atoms with Crippen molar-refractivity contribution in [1.82, 2.24) is 25.1 Å². The van der Waals surface area contributed by atoms with E-state index in [1.54, 1.807) is 4.68 Å². The summed E-state index contributed by atoms with van der Waals surface area (Å²) >= 11 is 0. The maximum absolute atomic E-state index is 13.0. The second kappa shape index (κ2) is 6.47. The number of carbonyl (C=O) groups excluding carboxylic acids is 1. The molecule has 1 aliphatic rings. The first kappa shape index (κ1) is 15.5. The maximum atomic E-state index is 13.0. The van der Waals surface area contributed by atoms with Crippen LogP contribution in [0.5, 0.6) is 0 Å². The first-order chi connectivity index (χ1) is 12.2. The standard InChI is InChI=1S/C19H19N5O/c1-23(18-11-5-7-14-6-2-3-10-17(14)18)19(25)15-8-4-9-16(12-15)24-13-20-21-22-24/h2-4,6,8-10,12-13,18H,5,7,11H2,1H3. The van der Waals surface area contributed by atoms with Crippen LogP contribution in [-0.4, -0.2) is 38.1 Å². The van der Waals surface area contributed by atoms with Crippen LogP contribution in [0.4, 0.5) is 0 Å². The minimum atomic E-state index is 0.0108. The Morgan fingerprint density at radius 3 is 2.92 bits per heavy atom. The van der Waals surface area contributed by atoms with E-state index in [0.717, 1.165) is 24.9 Å². The topological polar surface area (TPSA) is 63.9 Å². The normalized spacial score (nSPS) is 16.3. The summed E-state index contributed by atoms with van der Waals surface area (Å²) in [6, 6.07) is 15.9. The lowest BCUT2D eigenvalue weighted by molar-refractivity contribution is 0.0715. The van der Waals surface area contributed by atoms with Gasteiger partial charge in [0, 0.05) is 12.6 Å². The molecule has 1 atom stereocenters. The van der Waals surface area contributed by atoms with Gasteiger partial charge in [-0.2, -0.15) is 0 Å². The van der Waals surface area contributed by atoms with Crippen LogP contribution in [0.15, 0.2) is 54.9 Å². The molecule has 0 spiro atoms. The third-order valence-electron chi connectivity index (χ3n) is 4.83. The Bertz CT molecular complexity index is 890. The van der Waals surface area contributed by atoms with Crippen LogP contribution in [0.1, 0.15) is 40.4 Å². The molecular weight excluding hydrogens is 314 g/mol. The second-order valence-corrected chi connectivity index (χ2v) is 6.33. The van der Waals surface area contributed by atoms with E-state index in [1.165, 1.54) is 17.5 Å². The first-order valence-electron chi connectivity index (χ1n) is 8.42. The molecule has 6 nitrogen and oxygen atoms in total. The van der Waals surface area contributed by atoms with Gasteiger partial charge in [0.05, 0.1) is 11.7 Å². The number of benzene rings is 2. The van der Waals surface area contributed by atoms with E-state index < -0.39 is 0 Å². The number of nitrogens with zero attached hydrogens (tertiary/aromatic N) is 5. The predicted molar refractivity (Wildman–Crippen MR) is 93.4 cm³/mol. The lowest BCUT2D eigenvalue weighted by atomic mass is 9.87. The number of carbonyl (C=O) groups is 1. The fourth-order valence-corrected chi connectivity index (χ4v) is 3.54. The van der Waals surface area contributed by atoms with Crippen molar-refractivity contribution < 1.29 is 4.79 Å². The highest BCUT2D eigenvalue weighted by atomic mass is 16.2. The van der Waals surface area contributed by atoms with Crippen LogP contribution in [0, 0.1) is 0 Å². The van der Waals surface area contributed by atoms with Gasteiger partial charge in [-0.3, -0.25) is 4.79 Å². The highest BCUT2D eigenvalue weighted by Crippen LogP contribution is 2.34. The summed E-state index contributed by atoms with van der Waals surface area (Å²) in [5.41, 5.74) is 4.02. The summed E-state index contributed by atoms with van der Waals surface area (Å²) in [5, 5.41) is 11.2. The van der Waals surface area contributed by atoms with Crippen LogP contribution >= 0.6 is 0 Å². The Morgan fingerprint density at radius 2 is 2.08 bits per heavy atom. The summed E-state index contributed by atoms with van der Waals surface area (Å²) in [6.45, 7) is 0. The van der Waals surface area contributed by atoms with E-state index in [-0.39, 0.29) is 11.9 Å². The Hall–Kier alpha value is -3.02. The Labute approximate surface area is 146 Å². The van der Waals surface area contributed by atoms with Gasteiger partial charge in [-0.05, 0) is 59.0 Å². The van der Waals surface area contributed by atoms with E-state index in [4.69, 9.17) is 0 Å². The summed E-state index contributed by atoms with van der Waals surface area (Å²) in [6.07, 6.45) is 4.70. The van der Waals surface area contributed by atoms with Gasteiger partial charge in [0.15, 0.2) is 0 Å². The number of amides is 1. The van der Waals surface area contributed by atoms with E-state index >= 15 is 0 Å². The molecule has 6 heteroatoms. The van der Waals surface area contributed by atoms with Gasteiger partial charge in [0.1, 0.15) is 6.33 Å². The van der Waals surface area contributed by atoms with E-state index in [9.17, 15) is 4.79 Å². The quantitative estimate of drug-likeness (QED) is 0.739. The zero-order chi connectivity index (χ0) is 17.2. The lowest BCUT2D eigenvalue weighted by Gasteiger charge is -2.33. The molecule has 1 aromatic heterocycles. The molecule has 0 bridgehead atoms. The molecular formula is C19H19N5O. The predicted octanol–water partition coefficient (Wildman–Crippen LogP) is 2.81. The third-order valence-corrected chi connectivity index (χ3v) is 4.83. The molecule has 25 heavy (non-hydrogen) atoms. The van der Waals surface area contributed by atoms with Crippen LogP contribution in [0.25, 0.3) is 5.69 Å². The van der Waals surface area contributed by atoms with Gasteiger partial charge in [0.2, 0.25) is 0 Å². The number of hydrogen-bond acceptors (Lipinski definition) is 4. The van der Waals surface area contributed by atoms with Crippen molar-refractivity contribution in [3.8, 4) is 5.69 Å². The van der Waals surface area contributed by atoms with E-state index in [2.05, 4.69) is 33.7 Å². The smallest absolute Gasteiger partial charge is 0.254 e. The largest absolute Gasteiger partial charge is 0.335 e. The number of fused-ring (bicyclic) bond motifs is 1. The molecule has 1 amide bonds. The highest BCUT2D eigenvalue weighted by molar-refractivity contribution is 5.95. The summed E-state index contributed by atoms with van der Waals surface area (Å²) in [5.74, 6) is 0.0108. The van der Waals surface area contributed by atoms with Crippen molar-refractivity contribution in [1.29, 1.82) is 0 Å². The SMILES string of the molecule is CN(C(=O)c1cccc(-n2cnnn2)c1)C1CCCc2ccccc21. The number of hydrogen-bond donors (Lipinski definition) is 0. The van der Waals surface area contributed by atoms with Crippen molar-refractivity contribution in [3.63, 3.8) is 0 Å². The van der Waals surface area contributed by atoms with Crippen molar-refractivity contribution in [2.45, 2.75) is 25.3 Å². The van der Waals surface area contributed by atoms with E-state index in [0.29, 0.717) is 5.56 Å². The summed E-state index contributed by atoms with van der Waals surface area (Å²) in [7, 11) is 1.89. The number of aryl methyl sites for hydroxylation is 1. The van der Waals surface area contributed by atoms with Crippen LogP contribution in [-0.2, 0) is 6.42 Å². The first-order valence-corrected chi connectivity index (χ1v) is 8.42. The van der Waals surface area contributed by atoms with Crippen LogP contribution in [0.2, 0.25) is 0 Å². The molecule has 126 valence electrons. The Kier molecular flexibility index (Phi) is 4.01. The molecule has 0 saturated heterocycles. The maximum Gasteiger partial charge on any atom is 0.254 e. The van der Waals surface area contributed by atoms with Gasteiger partial charge in [0.25, 0.3) is 5.91 Å². The molecule has 1 aliphatic carbocycles. The minimum absolute atomic E-state index is 0.0108. The van der Waals surface area contributed by atoms with Crippen LogP contribution < -0.4 is 0 Å². The third kappa shape index (κ3) is 2.91. The molecule has 0 radical (unpaired) electrons. The van der Waals surface area contributed by atoms with Gasteiger partial charge in [-0.25, -0.2) is 4.68 Å². The van der Waals surface area contributed by atoms with Gasteiger partial charge in [-0.15, -0.1) is 5.10 Å². The highest BCUT2D eigenvalue weighted by Gasteiger charge is 2.27. The average Bonchev–Trinajstić information content (AvgIpc) is 3.21. The average molecular weight is 333 g/mol. The summed E-state index contributed by atoms with van der Waals surface area (Å²) in [4.78, 5) is 14.9. The number of rotatable bonds is 3. The molecule has 0 N–H and O–H groups in total. The second-order valence-electron chi connectivity index (χ2n) is 6.33. The molecule has 3 aromatic rings. The zero-order valence-electron chi connectivity index (χ0n) is 14.0. The molecule has 1 heterocycles. The lowest BCUT2D eigenvalue weighted by Crippen LogP contribution is -2.33. The van der Waals surface area contributed by atoms with Crippen molar-refractivity contribution in [2.24, 2.45) is 0 Å². The fourth-order valence-electron chi connectivity index (χ4n) is 3.54. The fraction of sp³-hybridized carbons (Fsp3) is 0.263. The minimum Gasteiger partial charge on any atom is -0.335 e. The molecule has 0 aliphatic heterocycles. The van der Waals surface area contributed by atoms with Gasteiger partial charge < -0.3 is 4.90 Å². The monoisotopic (exact) mass is 333 g/mol. The van der Waals surface area contributed by atoms with Gasteiger partial charge in [-0.1, -0.05) is 30.3 Å². The van der Waals surface area contributed by atoms with Crippen molar-refractivity contribution in [3.05, 3.63) is 71.5 Å². The zero-order valence-corrected chi connectivity index (χ0v) is 14.0. The van der Waals surface area contributed by atoms with E-state index in [1.807, 2.05) is 42.3 Å². The number of aromatic nitrogens is 4. The Balaban J connectivity index is 1.62.